The zero-order valence-electron chi connectivity index (χ0n) is 6.78. The van der Waals surface area contributed by atoms with Gasteiger partial charge in [0.05, 0.1) is 0 Å². The van der Waals surface area contributed by atoms with Gasteiger partial charge in [0.15, 0.2) is 0 Å². The molecule has 9 heavy (non-hydrogen) atoms. The SMILES string of the molecule is [CH]=CCCCC(C)(C)C. The van der Waals surface area contributed by atoms with E-state index in [1.807, 2.05) is 0 Å². The minimum absolute atomic E-state index is 0.475. The molecule has 0 unspecified atom stereocenters. The minimum Gasteiger partial charge on any atom is -0.0845 e. The fourth-order valence-corrected chi connectivity index (χ4v) is 0.750. The van der Waals surface area contributed by atoms with Gasteiger partial charge < -0.3 is 0 Å². The van der Waals surface area contributed by atoms with Gasteiger partial charge in [-0.3, -0.25) is 0 Å². The second-order valence-electron chi connectivity index (χ2n) is 3.69. The Morgan fingerprint density at radius 3 is 2.22 bits per heavy atom. The van der Waals surface area contributed by atoms with Crippen LogP contribution in [-0.4, -0.2) is 0 Å². The molecule has 0 fully saturated rings. The van der Waals surface area contributed by atoms with Crippen molar-refractivity contribution in [3.63, 3.8) is 0 Å². The maximum Gasteiger partial charge on any atom is -0.0347 e. The van der Waals surface area contributed by atoms with Gasteiger partial charge in [0.1, 0.15) is 0 Å². The first-order chi connectivity index (χ1) is 4.06. The largest absolute Gasteiger partial charge is 0.0845 e. The first-order valence-corrected chi connectivity index (χ1v) is 3.60. The molecule has 0 bridgehead atoms. The van der Waals surface area contributed by atoms with Crippen LogP contribution < -0.4 is 0 Å². The lowest BCUT2D eigenvalue weighted by molar-refractivity contribution is 0.367. The minimum atomic E-state index is 0.475. The number of hydrogen-bond donors (Lipinski definition) is 0. The predicted molar refractivity (Wildman–Crippen MR) is 42.2 cm³/mol. The molecule has 0 aromatic heterocycles. The third kappa shape index (κ3) is 7.74. The van der Waals surface area contributed by atoms with Gasteiger partial charge in [0.2, 0.25) is 0 Å². The quantitative estimate of drug-likeness (QED) is 0.508. The third-order valence-corrected chi connectivity index (χ3v) is 1.30. The van der Waals surface area contributed by atoms with Crippen molar-refractivity contribution in [1.82, 2.24) is 0 Å². The first-order valence-electron chi connectivity index (χ1n) is 3.60. The van der Waals surface area contributed by atoms with Crippen LogP contribution in [-0.2, 0) is 0 Å². The van der Waals surface area contributed by atoms with Crippen LogP contribution in [0, 0.1) is 12.0 Å². The van der Waals surface area contributed by atoms with Crippen molar-refractivity contribution in [2.45, 2.75) is 40.0 Å². The highest BCUT2D eigenvalue weighted by atomic mass is 14.1. The molecule has 0 aliphatic carbocycles. The number of unbranched alkanes of at least 4 members (excludes halogenated alkanes) is 1. The molecular formula is C9H17. The van der Waals surface area contributed by atoms with Crippen LogP contribution >= 0.6 is 0 Å². The van der Waals surface area contributed by atoms with E-state index < -0.39 is 0 Å². The lowest BCUT2D eigenvalue weighted by Crippen LogP contribution is -2.03. The molecule has 0 aliphatic heterocycles. The molecule has 0 rings (SSSR count). The lowest BCUT2D eigenvalue weighted by Gasteiger charge is -2.16. The summed E-state index contributed by atoms with van der Waals surface area (Å²) >= 11 is 0. The van der Waals surface area contributed by atoms with Gasteiger partial charge in [-0.05, 0) is 24.7 Å². The van der Waals surface area contributed by atoms with Gasteiger partial charge >= 0.3 is 0 Å². The van der Waals surface area contributed by atoms with E-state index in [2.05, 4.69) is 20.8 Å². The zero-order valence-corrected chi connectivity index (χ0v) is 6.78. The maximum atomic E-state index is 5.23. The van der Waals surface area contributed by atoms with Gasteiger partial charge in [-0.25, -0.2) is 0 Å². The summed E-state index contributed by atoms with van der Waals surface area (Å²) in [5.41, 5.74) is 0.475. The average Bonchev–Trinajstić information content (AvgIpc) is 1.63. The van der Waals surface area contributed by atoms with E-state index in [1.54, 1.807) is 6.08 Å². The Hall–Kier alpha value is -0.260. The van der Waals surface area contributed by atoms with Crippen molar-refractivity contribution < 1.29 is 0 Å². The maximum absolute atomic E-state index is 5.23. The molecule has 0 saturated heterocycles. The Morgan fingerprint density at radius 1 is 1.33 bits per heavy atom. The van der Waals surface area contributed by atoms with E-state index in [1.165, 1.54) is 12.8 Å². The van der Waals surface area contributed by atoms with E-state index in [9.17, 15) is 0 Å². The summed E-state index contributed by atoms with van der Waals surface area (Å²) in [7, 11) is 0. The summed E-state index contributed by atoms with van der Waals surface area (Å²) in [6.07, 6.45) is 5.28. The van der Waals surface area contributed by atoms with Crippen LogP contribution in [0.15, 0.2) is 6.08 Å². The molecule has 53 valence electrons. The summed E-state index contributed by atoms with van der Waals surface area (Å²) < 4.78 is 0. The second kappa shape index (κ2) is 3.71. The smallest absolute Gasteiger partial charge is 0.0347 e. The van der Waals surface area contributed by atoms with E-state index in [0.717, 1.165) is 6.42 Å². The van der Waals surface area contributed by atoms with Crippen LogP contribution in [0.3, 0.4) is 0 Å². The Bertz CT molecular complexity index is 74.5. The summed E-state index contributed by atoms with van der Waals surface area (Å²) in [6, 6.07) is 0. The molecule has 0 nitrogen and oxygen atoms in total. The van der Waals surface area contributed by atoms with Crippen molar-refractivity contribution >= 4 is 0 Å². The normalized spacial score (nSPS) is 11.4. The van der Waals surface area contributed by atoms with Crippen LogP contribution in [0.5, 0.6) is 0 Å². The van der Waals surface area contributed by atoms with E-state index >= 15 is 0 Å². The van der Waals surface area contributed by atoms with Crippen molar-refractivity contribution in [2.75, 3.05) is 0 Å². The van der Waals surface area contributed by atoms with Crippen LogP contribution in [0.2, 0.25) is 0 Å². The summed E-state index contributed by atoms with van der Waals surface area (Å²) in [5, 5.41) is 0. The number of hydrogen-bond acceptors (Lipinski definition) is 0. The number of rotatable bonds is 3. The summed E-state index contributed by atoms with van der Waals surface area (Å²) in [6.45, 7) is 12.0. The Balaban J connectivity index is 3.17. The number of allylic oxidation sites excluding steroid dienone is 1. The first kappa shape index (κ1) is 8.74. The molecule has 0 aliphatic rings. The Labute approximate surface area is 59.0 Å². The van der Waals surface area contributed by atoms with Gasteiger partial charge in [0, 0.05) is 0 Å². The monoisotopic (exact) mass is 125 g/mol. The summed E-state index contributed by atoms with van der Waals surface area (Å²) in [4.78, 5) is 0. The van der Waals surface area contributed by atoms with E-state index in [4.69, 9.17) is 6.58 Å². The highest BCUT2D eigenvalue weighted by Gasteiger charge is 2.07. The third-order valence-electron chi connectivity index (χ3n) is 1.30. The second-order valence-corrected chi connectivity index (χ2v) is 3.69. The molecule has 0 N–H and O–H groups in total. The van der Waals surface area contributed by atoms with Crippen LogP contribution in [0.25, 0.3) is 0 Å². The lowest BCUT2D eigenvalue weighted by atomic mass is 9.90. The van der Waals surface area contributed by atoms with Crippen LogP contribution in [0.1, 0.15) is 40.0 Å². The van der Waals surface area contributed by atoms with Gasteiger partial charge in [0.25, 0.3) is 0 Å². The molecule has 0 spiro atoms. The van der Waals surface area contributed by atoms with Crippen molar-refractivity contribution in [2.24, 2.45) is 5.41 Å². The van der Waals surface area contributed by atoms with E-state index in [0.29, 0.717) is 5.41 Å². The molecule has 1 radical (unpaired) electrons. The van der Waals surface area contributed by atoms with E-state index in [-0.39, 0.29) is 0 Å². The van der Waals surface area contributed by atoms with Gasteiger partial charge in [-0.15, -0.1) is 0 Å². The summed E-state index contributed by atoms with van der Waals surface area (Å²) in [5.74, 6) is 0. The Kier molecular flexibility index (Phi) is 3.60. The van der Waals surface area contributed by atoms with Crippen molar-refractivity contribution in [1.29, 1.82) is 0 Å². The molecular weight excluding hydrogens is 108 g/mol. The molecule has 0 aromatic rings. The topological polar surface area (TPSA) is 0 Å². The fourth-order valence-electron chi connectivity index (χ4n) is 0.750. The molecule has 0 amide bonds. The fraction of sp³-hybridized carbons (Fsp3) is 0.778. The molecule has 0 heteroatoms. The van der Waals surface area contributed by atoms with Crippen LogP contribution in [0.4, 0.5) is 0 Å². The Morgan fingerprint density at radius 2 is 1.89 bits per heavy atom. The molecule has 0 aromatic carbocycles. The molecule has 0 atom stereocenters. The molecule has 0 saturated carbocycles. The highest BCUT2D eigenvalue weighted by molar-refractivity contribution is 4.66. The van der Waals surface area contributed by atoms with Crippen molar-refractivity contribution in [3.05, 3.63) is 12.7 Å². The predicted octanol–water partition coefficient (Wildman–Crippen LogP) is 3.19. The highest BCUT2D eigenvalue weighted by Crippen LogP contribution is 2.21. The van der Waals surface area contributed by atoms with Gasteiger partial charge in [-0.2, -0.15) is 0 Å². The molecule has 0 heterocycles. The van der Waals surface area contributed by atoms with Crippen molar-refractivity contribution in [3.8, 4) is 0 Å². The zero-order chi connectivity index (χ0) is 7.33. The average molecular weight is 125 g/mol. The van der Waals surface area contributed by atoms with Gasteiger partial charge in [-0.1, -0.05) is 33.4 Å². The standard InChI is InChI=1S/C9H17/c1-5-6-7-8-9(2,3)4/h1,5H,6-8H2,2-4H3.